The van der Waals surface area contributed by atoms with Crippen molar-refractivity contribution in [3.8, 4) is 11.1 Å². The lowest BCUT2D eigenvalue weighted by molar-refractivity contribution is -0.139. The molecule has 1 saturated carbocycles. The number of hydrogen-bond acceptors (Lipinski definition) is 8. The highest BCUT2D eigenvalue weighted by Crippen LogP contribution is 2.60. The molecule has 3 aromatic heterocycles. The Morgan fingerprint density at radius 2 is 2.00 bits per heavy atom. The number of carbonyl (C=O) groups excluding carboxylic acids is 3. The third kappa shape index (κ3) is 4.93. The van der Waals surface area contributed by atoms with E-state index in [-0.39, 0.29) is 35.5 Å². The first kappa shape index (κ1) is 28.5. The first-order valence-electron chi connectivity index (χ1n) is 15.4. The van der Waals surface area contributed by atoms with Crippen molar-refractivity contribution in [3.05, 3.63) is 59.7 Å². The topological polar surface area (TPSA) is 124 Å². The molecular formula is C33H37N7O4. The molecule has 3 aliphatic rings. The van der Waals surface area contributed by atoms with E-state index in [4.69, 9.17) is 9.84 Å². The summed E-state index contributed by atoms with van der Waals surface area (Å²) in [5.74, 6) is -0.266. The second-order valence-electron chi connectivity index (χ2n) is 12.4. The van der Waals surface area contributed by atoms with Crippen LogP contribution in [0.1, 0.15) is 61.3 Å². The zero-order chi connectivity index (χ0) is 30.6. The monoisotopic (exact) mass is 595 g/mol. The Balaban J connectivity index is 1.34. The van der Waals surface area contributed by atoms with Crippen LogP contribution < -0.4 is 5.32 Å². The fourth-order valence-corrected chi connectivity index (χ4v) is 7.06. The molecule has 1 aliphatic carbocycles. The van der Waals surface area contributed by atoms with E-state index in [1.54, 1.807) is 14.1 Å². The van der Waals surface area contributed by atoms with Crippen molar-refractivity contribution < 1.29 is 19.1 Å². The number of carbonyl (C=O) groups is 3. The maximum Gasteiger partial charge on any atom is 0.245 e. The van der Waals surface area contributed by atoms with Gasteiger partial charge < -0.3 is 15.0 Å². The Labute approximate surface area is 255 Å². The maximum atomic E-state index is 14.1. The van der Waals surface area contributed by atoms with Crippen LogP contribution in [-0.4, -0.2) is 78.6 Å². The number of piperidine rings is 1. The van der Waals surface area contributed by atoms with E-state index in [9.17, 15) is 14.4 Å². The number of ether oxygens (including phenoxy) is 1. The lowest BCUT2D eigenvalue weighted by Gasteiger charge is -2.26. The largest absolute Gasteiger partial charge is 0.377 e. The smallest absolute Gasteiger partial charge is 0.245 e. The second-order valence-corrected chi connectivity index (χ2v) is 12.4. The zero-order valence-corrected chi connectivity index (χ0v) is 25.4. The average Bonchev–Trinajstić information content (AvgIpc) is 3.26. The van der Waals surface area contributed by atoms with Gasteiger partial charge in [-0.05, 0) is 56.0 Å². The van der Waals surface area contributed by atoms with Crippen LogP contribution in [0.2, 0.25) is 0 Å². The van der Waals surface area contributed by atoms with Crippen molar-refractivity contribution in [3.63, 3.8) is 0 Å². The molecule has 0 radical (unpaired) electrons. The predicted octanol–water partition coefficient (Wildman–Crippen LogP) is 3.66. The van der Waals surface area contributed by atoms with E-state index in [0.29, 0.717) is 43.7 Å². The standard InChI is InChI=1S/C33H37N7O4/c1-4-27(42)26-13-33-14-28(33)40(26)30(43)18-39-32-23(15-34-8-6-5-7-9-44-19-33)11-22(12-25(32)31(37-39)21(3)41)24-16-35-29-10-20(2)36-38(29)17-24/h5,7,10-12,16-17,26,28,34H,4,6,8-9,13-15,18-19H2,1-3H3/b7-5-/t26-,28+,33-/m0/s1. The van der Waals surface area contributed by atoms with E-state index in [2.05, 4.69) is 27.5 Å². The van der Waals surface area contributed by atoms with Crippen molar-refractivity contribution >= 4 is 34.0 Å². The van der Waals surface area contributed by atoms with Gasteiger partial charge in [-0.2, -0.15) is 10.2 Å². The van der Waals surface area contributed by atoms with E-state index in [1.165, 1.54) is 6.92 Å². The molecule has 7 rings (SSSR count). The van der Waals surface area contributed by atoms with Crippen molar-refractivity contribution in [2.45, 2.75) is 71.6 Å². The van der Waals surface area contributed by atoms with Crippen molar-refractivity contribution in [2.24, 2.45) is 5.41 Å². The number of fused-ring (bicyclic) bond motifs is 1. The van der Waals surface area contributed by atoms with Gasteiger partial charge in [0.15, 0.2) is 17.2 Å². The summed E-state index contributed by atoms with van der Waals surface area (Å²) < 4.78 is 9.44. The summed E-state index contributed by atoms with van der Waals surface area (Å²) in [5, 5.41) is 13.5. The summed E-state index contributed by atoms with van der Waals surface area (Å²) in [6.07, 6.45) is 10.6. The van der Waals surface area contributed by atoms with Crippen LogP contribution in [0.4, 0.5) is 0 Å². The lowest BCUT2D eigenvalue weighted by atomic mass is 9.97. The van der Waals surface area contributed by atoms with Gasteiger partial charge >= 0.3 is 0 Å². The van der Waals surface area contributed by atoms with E-state index < -0.39 is 6.04 Å². The number of hydrogen-bond donors (Lipinski definition) is 1. The van der Waals surface area contributed by atoms with Gasteiger partial charge in [0, 0.05) is 60.8 Å². The number of rotatable bonds is 4. The van der Waals surface area contributed by atoms with Crippen molar-refractivity contribution in [1.29, 1.82) is 0 Å². The van der Waals surface area contributed by atoms with Gasteiger partial charge in [0.1, 0.15) is 12.2 Å². The average molecular weight is 596 g/mol. The molecule has 0 unspecified atom stereocenters. The minimum Gasteiger partial charge on any atom is -0.377 e. The van der Waals surface area contributed by atoms with Crippen LogP contribution in [0.25, 0.3) is 27.7 Å². The van der Waals surface area contributed by atoms with Crippen molar-refractivity contribution in [1.82, 2.24) is 34.6 Å². The highest BCUT2D eigenvalue weighted by Gasteiger charge is 2.66. The fraction of sp³-hybridized carbons (Fsp3) is 0.455. The molecule has 11 heteroatoms. The molecule has 11 nitrogen and oxygen atoms in total. The van der Waals surface area contributed by atoms with Gasteiger partial charge in [-0.15, -0.1) is 0 Å². The molecule has 4 aromatic rings. The zero-order valence-electron chi connectivity index (χ0n) is 25.4. The normalized spacial score (nSPS) is 24.8. The van der Waals surface area contributed by atoms with Crippen LogP contribution in [0, 0.1) is 12.3 Å². The molecule has 44 heavy (non-hydrogen) atoms. The van der Waals surface area contributed by atoms with Gasteiger partial charge in [-0.25, -0.2) is 9.50 Å². The number of Topliss-reactive ketones (excluding diaryl/α,β-unsaturated/α-hetero) is 2. The maximum absolute atomic E-state index is 14.1. The van der Waals surface area contributed by atoms with Crippen LogP contribution in [0.3, 0.4) is 0 Å². The predicted molar refractivity (Wildman–Crippen MR) is 164 cm³/mol. The summed E-state index contributed by atoms with van der Waals surface area (Å²) in [6, 6.07) is 5.47. The number of nitrogens with one attached hydrogen (secondary N) is 1. The molecule has 1 amide bonds. The molecule has 2 bridgehead atoms. The summed E-state index contributed by atoms with van der Waals surface area (Å²) in [6.45, 7) is 7.51. The number of aromatic nitrogens is 5. The minimum absolute atomic E-state index is 0.0228. The number of ketones is 2. The molecule has 1 N–H and O–H groups in total. The highest BCUT2D eigenvalue weighted by molar-refractivity contribution is 6.07. The third-order valence-corrected chi connectivity index (χ3v) is 9.31. The van der Waals surface area contributed by atoms with Crippen LogP contribution in [-0.2, 0) is 27.4 Å². The Hall–Kier alpha value is -4.22. The van der Waals surface area contributed by atoms with E-state index in [1.807, 2.05) is 44.4 Å². The summed E-state index contributed by atoms with van der Waals surface area (Å²) >= 11 is 0. The Morgan fingerprint density at radius 3 is 2.82 bits per heavy atom. The van der Waals surface area contributed by atoms with Gasteiger partial charge in [0.05, 0.1) is 30.5 Å². The van der Waals surface area contributed by atoms with Crippen molar-refractivity contribution in [2.75, 3.05) is 19.8 Å². The fourth-order valence-electron chi connectivity index (χ4n) is 7.06. The summed E-state index contributed by atoms with van der Waals surface area (Å²) in [4.78, 5) is 46.4. The SMILES string of the molecule is CCC(=O)[C@@H]1C[C@]23COC/C=C\CCNCc4cc(-c5cnc6cc(C)nn6c5)cc5c(C(C)=O)nn(c45)CC(=O)N1[C@@H]2C3. The molecule has 1 saturated heterocycles. The molecule has 228 valence electrons. The molecule has 2 aliphatic heterocycles. The number of benzene rings is 1. The molecule has 5 heterocycles. The van der Waals surface area contributed by atoms with Gasteiger partial charge in [0.2, 0.25) is 5.91 Å². The highest BCUT2D eigenvalue weighted by atomic mass is 16.5. The molecule has 0 spiro atoms. The van der Waals surface area contributed by atoms with E-state index in [0.717, 1.165) is 52.9 Å². The molecule has 1 aromatic carbocycles. The number of amides is 1. The van der Waals surface area contributed by atoms with Crippen LogP contribution in [0.5, 0.6) is 0 Å². The third-order valence-electron chi connectivity index (χ3n) is 9.31. The Morgan fingerprint density at radius 1 is 1.14 bits per heavy atom. The molecular weight excluding hydrogens is 558 g/mol. The lowest BCUT2D eigenvalue weighted by Crippen LogP contribution is -2.44. The van der Waals surface area contributed by atoms with E-state index >= 15 is 0 Å². The van der Waals surface area contributed by atoms with Gasteiger partial charge in [0.25, 0.3) is 0 Å². The number of aryl methyl sites for hydroxylation is 1. The molecule has 2 fully saturated rings. The Bertz CT molecular complexity index is 1840. The van der Waals surface area contributed by atoms with Crippen LogP contribution in [0.15, 0.2) is 42.7 Å². The minimum atomic E-state index is -0.459. The van der Waals surface area contributed by atoms with Crippen LogP contribution >= 0.6 is 0 Å². The summed E-state index contributed by atoms with van der Waals surface area (Å²) in [5.41, 5.74) is 5.17. The first-order chi connectivity index (χ1) is 21.3. The second kappa shape index (κ2) is 11.0. The molecule has 3 atom stereocenters. The number of nitrogens with zero attached hydrogens (tertiary/aromatic N) is 6. The van der Waals surface area contributed by atoms with Gasteiger partial charge in [-0.3, -0.25) is 19.1 Å². The summed E-state index contributed by atoms with van der Waals surface area (Å²) in [7, 11) is 0. The van der Waals surface area contributed by atoms with Gasteiger partial charge in [-0.1, -0.05) is 19.1 Å². The Kier molecular flexibility index (Phi) is 7.17. The quantitative estimate of drug-likeness (QED) is 0.280. The first-order valence-corrected chi connectivity index (χ1v) is 15.4.